The molecule has 5 nitrogen and oxygen atoms in total. The Morgan fingerprint density at radius 3 is 2.81 bits per heavy atom. The first-order valence-electron chi connectivity index (χ1n) is 7.79. The van der Waals surface area contributed by atoms with Crippen LogP contribution in [0.2, 0.25) is 0 Å². The number of amides is 2. The first-order chi connectivity index (χ1) is 10.2. The van der Waals surface area contributed by atoms with Gasteiger partial charge in [-0.05, 0) is 37.8 Å². The van der Waals surface area contributed by atoms with E-state index in [1.807, 2.05) is 0 Å². The second-order valence-electron chi connectivity index (χ2n) is 5.76. The molecule has 1 aliphatic carbocycles. The number of carbonyl (C=O) groups is 2. The molecule has 2 N–H and O–H groups in total. The van der Waals surface area contributed by atoms with Crippen LogP contribution in [-0.4, -0.2) is 24.4 Å². The average Bonchev–Trinajstić information content (AvgIpc) is 3.15. The lowest BCUT2D eigenvalue weighted by Gasteiger charge is -2.14. The maximum absolute atomic E-state index is 11.9. The van der Waals surface area contributed by atoms with Crippen LogP contribution >= 0.6 is 0 Å². The van der Waals surface area contributed by atoms with E-state index in [1.54, 1.807) is 19.1 Å². The number of carbonyl (C=O) groups excluding carboxylic acids is 2. The Bertz CT molecular complexity index is 450. The Kier molecular flexibility index (Phi) is 5.84. The van der Waals surface area contributed by atoms with Crippen molar-refractivity contribution in [3.8, 4) is 0 Å². The number of nitrogens with one attached hydrogen (secondary N) is 2. The van der Waals surface area contributed by atoms with Gasteiger partial charge in [-0.3, -0.25) is 9.59 Å². The van der Waals surface area contributed by atoms with Crippen LogP contribution in [0.15, 0.2) is 22.8 Å². The van der Waals surface area contributed by atoms with Crippen molar-refractivity contribution in [2.24, 2.45) is 5.92 Å². The molecule has 0 aliphatic heterocycles. The molecule has 2 amide bonds. The van der Waals surface area contributed by atoms with Crippen LogP contribution in [0.1, 0.15) is 56.0 Å². The molecule has 1 heterocycles. The van der Waals surface area contributed by atoms with Crippen molar-refractivity contribution >= 4 is 11.8 Å². The van der Waals surface area contributed by atoms with Crippen molar-refractivity contribution in [1.29, 1.82) is 0 Å². The van der Waals surface area contributed by atoms with Crippen molar-refractivity contribution in [1.82, 2.24) is 10.6 Å². The smallest absolute Gasteiger partial charge is 0.287 e. The fourth-order valence-electron chi connectivity index (χ4n) is 2.80. The van der Waals surface area contributed by atoms with Gasteiger partial charge in [-0.1, -0.05) is 25.7 Å². The van der Waals surface area contributed by atoms with Crippen LogP contribution in [0, 0.1) is 5.92 Å². The number of furan rings is 1. The number of rotatable bonds is 7. The zero-order valence-electron chi connectivity index (χ0n) is 12.6. The van der Waals surface area contributed by atoms with Crippen LogP contribution in [0.3, 0.4) is 0 Å². The molecule has 2 rings (SSSR count). The number of hydrogen-bond acceptors (Lipinski definition) is 3. The molecule has 1 atom stereocenters. The Morgan fingerprint density at radius 2 is 2.14 bits per heavy atom. The van der Waals surface area contributed by atoms with E-state index < -0.39 is 6.04 Å². The molecule has 21 heavy (non-hydrogen) atoms. The average molecular weight is 292 g/mol. The van der Waals surface area contributed by atoms with Crippen molar-refractivity contribution in [3.63, 3.8) is 0 Å². The topological polar surface area (TPSA) is 71.3 Å². The van der Waals surface area contributed by atoms with Crippen LogP contribution in [0.25, 0.3) is 0 Å². The van der Waals surface area contributed by atoms with E-state index in [0.717, 1.165) is 12.3 Å². The summed E-state index contributed by atoms with van der Waals surface area (Å²) in [7, 11) is 0. The normalized spacial score (nSPS) is 16.6. The van der Waals surface area contributed by atoms with Crippen molar-refractivity contribution < 1.29 is 14.0 Å². The van der Waals surface area contributed by atoms with E-state index in [4.69, 9.17) is 4.42 Å². The third-order valence-corrected chi connectivity index (χ3v) is 4.05. The van der Waals surface area contributed by atoms with Crippen molar-refractivity contribution in [2.75, 3.05) is 6.54 Å². The third kappa shape index (κ3) is 4.92. The van der Waals surface area contributed by atoms with Gasteiger partial charge in [-0.25, -0.2) is 0 Å². The van der Waals surface area contributed by atoms with Gasteiger partial charge < -0.3 is 15.1 Å². The van der Waals surface area contributed by atoms with Gasteiger partial charge in [0.05, 0.1) is 6.26 Å². The molecule has 1 saturated carbocycles. The third-order valence-electron chi connectivity index (χ3n) is 4.05. The zero-order valence-corrected chi connectivity index (χ0v) is 12.6. The highest BCUT2D eigenvalue weighted by Gasteiger charge is 2.18. The Balaban J connectivity index is 1.61. The van der Waals surface area contributed by atoms with Gasteiger partial charge in [0.25, 0.3) is 5.91 Å². The second kappa shape index (κ2) is 7.86. The molecular weight excluding hydrogens is 268 g/mol. The van der Waals surface area contributed by atoms with Gasteiger partial charge in [0.15, 0.2) is 5.76 Å². The second-order valence-corrected chi connectivity index (χ2v) is 5.76. The van der Waals surface area contributed by atoms with E-state index in [1.165, 1.54) is 38.4 Å². The van der Waals surface area contributed by atoms with Crippen molar-refractivity contribution in [2.45, 2.75) is 51.5 Å². The summed E-state index contributed by atoms with van der Waals surface area (Å²) in [5, 5.41) is 5.49. The predicted octanol–water partition coefficient (Wildman–Crippen LogP) is 2.48. The van der Waals surface area contributed by atoms with Crippen LogP contribution < -0.4 is 10.6 Å². The fraction of sp³-hybridized carbons (Fsp3) is 0.625. The Labute approximate surface area is 125 Å². The molecular formula is C16H24N2O3. The van der Waals surface area contributed by atoms with Gasteiger partial charge in [-0.15, -0.1) is 0 Å². The maximum Gasteiger partial charge on any atom is 0.287 e. The van der Waals surface area contributed by atoms with Crippen LogP contribution in [0.4, 0.5) is 0 Å². The Hall–Kier alpha value is -1.78. The summed E-state index contributed by atoms with van der Waals surface area (Å²) >= 11 is 0. The Morgan fingerprint density at radius 1 is 1.38 bits per heavy atom. The molecule has 0 aromatic carbocycles. The molecule has 5 heteroatoms. The summed E-state index contributed by atoms with van der Waals surface area (Å²) in [4.78, 5) is 23.6. The zero-order chi connectivity index (χ0) is 15.1. The number of hydrogen-bond donors (Lipinski definition) is 2. The highest BCUT2D eigenvalue weighted by Crippen LogP contribution is 2.28. The molecule has 0 saturated heterocycles. The largest absolute Gasteiger partial charge is 0.459 e. The minimum Gasteiger partial charge on any atom is -0.459 e. The molecule has 1 fully saturated rings. The quantitative estimate of drug-likeness (QED) is 0.758. The minimum absolute atomic E-state index is 0.152. The molecule has 0 spiro atoms. The van der Waals surface area contributed by atoms with Gasteiger partial charge >= 0.3 is 0 Å². The summed E-state index contributed by atoms with van der Waals surface area (Å²) in [6.45, 7) is 2.35. The first-order valence-corrected chi connectivity index (χ1v) is 7.79. The first kappa shape index (κ1) is 15.6. The van der Waals surface area contributed by atoms with Crippen LogP contribution in [0.5, 0.6) is 0 Å². The molecule has 116 valence electrons. The molecule has 1 aliphatic rings. The van der Waals surface area contributed by atoms with Gasteiger partial charge in [-0.2, -0.15) is 0 Å². The summed E-state index contributed by atoms with van der Waals surface area (Å²) in [5.41, 5.74) is 0. The standard InChI is InChI=1S/C16H24N2O3/c1-12(18-16(20)14-9-5-11-21-14)15(19)17-10-4-8-13-6-2-3-7-13/h5,9,11-13H,2-4,6-8,10H2,1H3,(H,17,19)(H,18,20). The molecule has 0 radical (unpaired) electrons. The van der Waals surface area contributed by atoms with E-state index in [9.17, 15) is 9.59 Å². The summed E-state index contributed by atoms with van der Waals surface area (Å²) in [5.74, 6) is 0.545. The molecule has 1 aromatic rings. The van der Waals surface area contributed by atoms with Gasteiger partial charge in [0.1, 0.15) is 6.04 Å². The molecule has 0 bridgehead atoms. The minimum atomic E-state index is -0.561. The van der Waals surface area contributed by atoms with E-state index >= 15 is 0 Å². The van der Waals surface area contributed by atoms with E-state index in [-0.39, 0.29) is 17.6 Å². The molecule has 1 unspecified atom stereocenters. The van der Waals surface area contributed by atoms with Crippen LogP contribution in [-0.2, 0) is 4.79 Å². The SMILES string of the molecule is CC(NC(=O)c1ccco1)C(=O)NCCCC1CCCC1. The highest BCUT2D eigenvalue weighted by molar-refractivity contribution is 5.95. The predicted molar refractivity (Wildman–Crippen MR) is 79.8 cm³/mol. The summed E-state index contributed by atoms with van der Waals surface area (Å²) in [6, 6.07) is 2.65. The lowest BCUT2D eigenvalue weighted by Crippen LogP contribution is -2.45. The molecule has 1 aromatic heterocycles. The highest BCUT2D eigenvalue weighted by atomic mass is 16.3. The van der Waals surface area contributed by atoms with Gasteiger partial charge in [0.2, 0.25) is 5.91 Å². The fourth-order valence-corrected chi connectivity index (χ4v) is 2.80. The van der Waals surface area contributed by atoms with Crippen molar-refractivity contribution in [3.05, 3.63) is 24.2 Å². The summed E-state index contributed by atoms with van der Waals surface area (Å²) in [6.07, 6.45) is 9.01. The van der Waals surface area contributed by atoms with E-state index in [2.05, 4.69) is 10.6 Å². The maximum atomic E-state index is 11.9. The lowest BCUT2D eigenvalue weighted by molar-refractivity contribution is -0.122. The van der Waals surface area contributed by atoms with E-state index in [0.29, 0.717) is 6.54 Å². The monoisotopic (exact) mass is 292 g/mol. The van der Waals surface area contributed by atoms with Gasteiger partial charge in [0, 0.05) is 6.54 Å². The summed E-state index contributed by atoms with van der Waals surface area (Å²) < 4.78 is 4.99. The lowest BCUT2D eigenvalue weighted by atomic mass is 10.0.